The fraction of sp³-hybridized carbons (Fsp3) is 0.667. The van der Waals surface area contributed by atoms with Gasteiger partial charge in [0.25, 0.3) is 10.0 Å². The van der Waals surface area contributed by atoms with Crippen LogP contribution in [0.4, 0.5) is 13.2 Å². The molecule has 1 unspecified atom stereocenters. The Morgan fingerprint density at radius 2 is 2.11 bits per heavy atom. The number of nitrogens with zero attached hydrogens (tertiary/aromatic N) is 2. The van der Waals surface area contributed by atoms with Gasteiger partial charge in [-0.15, -0.1) is 0 Å². The Labute approximate surface area is 102 Å². The van der Waals surface area contributed by atoms with E-state index in [2.05, 4.69) is 9.97 Å². The maximum atomic E-state index is 12.8. The first kappa shape index (κ1) is 13.3. The average Bonchev–Trinajstić information content (AvgIpc) is 2.82. The highest BCUT2D eigenvalue weighted by atomic mass is 32.2. The Balaban J connectivity index is 2.35. The molecule has 1 saturated heterocycles. The SMILES string of the molecule is O=S(=O)(c1cnc[nH]1)N1CCCCC1C(F)(F)F. The summed E-state index contributed by atoms with van der Waals surface area (Å²) in [5.41, 5.74) is 0. The van der Waals surface area contributed by atoms with Gasteiger partial charge in [0.05, 0.1) is 12.5 Å². The van der Waals surface area contributed by atoms with Crippen molar-refractivity contribution in [2.24, 2.45) is 0 Å². The highest BCUT2D eigenvalue weighted by Gasteiger charge is 2.49. The van der Waals surface area contributed by atoms with Gasteiger partial charge in [0.1, 0.15) is 6.04 Å². The monoisotopic (exact) mass is 283 g/mol. The molecule has 0 spiro atoms. The first-order valence-electron chi connectivity index (χ1n) is 5.40. The molecular weight excluding hydrogens is 271 g/mol. The van der Waals surface area contributed by atoms with E-state index in [9.17, 15) is 21.6 Å². The molecule has 1 N–H and O–H groups in total. The summed E-state index contributed by atoms with van der Waals surface area (Å²) in [5.74, 6) is 0. The molecule has 2 rings (SSSR count). The van der Waals surface area contributed by atoms with Crippen molar-refractivity contribution < 1.29 is 21.6 Å². The molecule has 1 aromatic heterocycles. The van der Waals surface area contributed by atoms with Gasteiger partial charge in [-0.05, 0) is 12.8 Å². The molecule has 0 radical (unpaired) electrons. The molecule has 0 bridgehead atoms. The van der Waals surface area contributed by atoms with Gasteiger partial charge < -0.3 is 4.98 Å². The van der Waals surface area contributed by atoms with Crippen molar-refractivity contribution >= 4 is 10.0 Å². The molecule has 2 heterocycles. The number of alkyl halides is 3. The smallest absolute Gasteiger partial charge is 0.335 e. The van der Waals surface area contributed by atoms with Crippen LogP contribution in [-0.4, -0.2) is 41.5 Å². The summed E-state index contributed by atoms with van der Waals surface area (Å²) >= 11 is 0. The van der Waals surface area contributed by atoms with E-state index in [0.717, 1.165) is 12.5 Å². The number of aromatic nitrogens is 2. The third-order valence-electron chi connectivity index (χ3n) is 2.89. The predicted molar refractivity (Wildman–Crippen MR) is 56.2 cm³/mol. The van der Waals surface area contributed by atoms with E-state index in [1.54, 1.807) is 0 Å². The number of H-pyrrole nitrogens is 1. The van der Waals surface area contributed by atoms with Gasteiger partial charge in [-0.25, -0.2) is 13.4 Å². The van der Waals surface area contributed by atoms with Crippen LogP contribution in [-0.2, 0) is 10.0 Å². The maximum absolute atomic E-state index is 12.8. The van der Waals surface area contributed by atoms with Crippen molar-refractivity contribution in [3.63, 3.8) is 0 Å². The highest BCUT2D eigenvalue weighted by Crippen LogP contribution is 2.34. The minimum atomic E-state index is -4.55. The zero-order valence-corrected chi connectivity index (χ0v) is 10.1. The fourth-order valence-electron chi connectivity index (χ4n) is 2.03. The maximum Gasteiger partial charge on any atom is 0.405 e. The van der Waals surface area contributed by atoms with Crippen LogP contribution in [0.3, 0.4) is 0 Å². The van der Waals surface area contributed by atoms with Gasteiger partial charge in [-0.2, -0.15) is 17.5 Å². The van der Waals surface area contributed by atoms with Crippen molar-refractivity contribution in [3.05, 3.63) is 12.5 Å². The van der Waals surface area contributed by atoms with Crippen LogP contribution < -0.4 is 0 Å². The lowest BCUT2D eigenvalue weighted by Gasteiger charge is -2.35. The van der Waals surface area contributed by atoms with E-state index in [1.165, 1.54) is 0 Å². The zero-order valence-electron chi connectivity index (χ0n) is 9.31. The number of rotatable bonds is 2. The number of imidazole rings is 1. The van der Waals surface area contributed by atoms with E-state index in [4.69, 9.17) is 0 Å². The first-order chi connectivity index (χ1) is 8.33. The Morgan fingerprint density at radius 3 is 2.67 bits per heavy atom. The van der Waals surface area contributed by atoms with E-state index in [1.807, 2.05) is 0 Å². The average molecular weight is 283 g/mol. The summed E-state index contributed by atoms with van der Waals surface area (Å²) < 4.78 is 63.1. The summed E-state index contributed by atoms with van der Waals surface area (Å²) in [7, 11) is -4.16. The van der Waals surface area contributed by atoms with E-state index in [0.29, 0.717) is 17.1 Å². The molecule has 18 heavy (non-hydrogen) atoms. The Morgan fingerprint density at radius 1 is 1.39 bits per heavy atom. The van der Waals surface area contributed by atoms with Gasteiger partial charge in [-0.1, -0.05) is 6.42 Å². The highest BCUT2D eigenvalue weighted by molar-refractivity contribution is 7.89. The lowest BCUT2D eigenvalue weighted by atomic mass is 10.1. The van der Waals surface area contributed by atoms with Crippen molar-refractivity contribution in [2.75, 3.05) is 6.54 Å². The molecule has 0 aliphatic carbocycles. The predicted octanol–water partition coefficient (Wildman–Crippen LogP) is 1.52. The second-order valence-corrected chi connectivity index (χ2v) is 5.94. The normalized spacial score (nSPS) is 23.2. The molecule has 5 nitrogen and oxygen atoms in total. The third-order valence-corrected chi connectivity index (χ3v) is 4.72. The number of aromatic amines is 1. The quantitative estimate of drug-likeness (QED) is 0.894. The van der Waals surface area contributed by atoms with Crippen LogP contribution in [0.15, 0.2) is 17.6 Å². The second kappa shape index (κ2) is 4.54. The summed E-state index contributed by atoms with van der Waals surface area (Å²) in [6.07, 6.45) is -1.81. The van der Waals surface area contributed by atoms with Gasteiger partial charge in [0.15, 0.2) is 5.03 Å². The topological polar surface area (TPSA) is 66.1 Å². The van der Waals surface area contributed by atoms with Crippen LogP contribution in [0.2, 0.25) is 0 Å². The summed E-state index contributed by atoms with van der Waals surface area (Å²) in [6, 6.07) is -1.94. The van der Waals surface area contributed by atoms with E-state index >= 15 is 0 Å². The molecule has 0 amide bonds. The van der Waals surface area contributed by atoms with Crippen molar-refractivity contribution in [2.45, 2.75) is 36.5 Å². The third kappa shape index (κ3) is 2.37. The summed E-state index contributed by atoms with van der Waals surface area (Å²) in [5, 5.41) is -0.307. The molecule has 1 aromatic rings. The zero-order chi connectivity index (χ0) is 13.4. The molecule has 1 aliphatic heterocycles. The van der Waals surface area contributed by atoms with Crippen LogP contribution >= 0.6 is 0 Å². The number of nitrogens with one attached hydrogen (secondary N) is 1. The van der Waals surface area contributed by atoms with Crippen LogP contribution in [0, 0.1) is 0 Å². The van der Waals surface area contributed by atoms with E-state index < -0.39 is 22.2 Å². The van der Waals surface area contributed by atoms with Gasteiger partial charge in [0.2, 0.25) is 0 Å². The Hall–Kier alpha value is -1.09. The number of hydrogen-bond acceptors (Lipinski definition) is 3. The molecule has 0 saturated carbocycles. The molecule has 102 valence electrons. The minimum Gasteiger partial charge on any atom is -0.335 e. The Kier molecular flexibility index (Phi) is 3.37. The van der Waals surface area contributed by atoms with Crippen LogP contribution in [0.25, 0.3) is 0 Å². The van der Waals surface area contributed by atoms with Crippen molar-refractivity contribution in [1.29, 1.82) is 0 Å². The van der Waals surface area contributed by atoms with Gasteiger partial charge >= 0.3 is 6.18 Å². The summed E-state index contributed by atoms with van der Waals surface area (Å²) in [4.78, 5) is 5.87. The second-order valence-electron chi connectivity index (χ2n) is 4.08. The number of hydrogen-bond donors (Lipinski definition) is 1. The van der Waals surface area contributed by atoms with Crippen LogP contribution in [0.1, 0.15) is 19.3 Å². The fourth-order valence-corrected chi connectivity index (χ4v) is 3.61. The van der Waals surface area contributed by atoms with Crippen molar-refractivity contribution in [1.82, 2.24) is 14.3 Å². The molecular formula is C9H12F3N3O2S. The van der Waals surface area contributed by atoms with Crippen molar-refractivity contribution in [3.8, 4) is 0 Å². The molecule has 0 aromatic carbocycles. The molecule has 1 fully saturated rings. The van der Waals surface area contributed by atoms with Crippen LogP contribution in [0.5, 0.6) is 0 Å². The Bertz CT molecular complexity index is 498. The minimum absolute atomic E-state index is 0.120. The number of halogens is 3. The van der Waals surface area contributed by atoms with E-state index in [-0.39, 0.29) is 18.0 Å². The molecule has 1 aliphatic rings. The first-order valence-corrected chi connectivity index (χ1v) is 6.84. The van der Waals surface area contributed by atoms with Gasteiger partial charge in [0, 0.05) is 6.54 Å². The number of piperidine rings is 1. The number of sulfonamides is 1. The molecule has 1 atom stereocenters. The standard InChI is InChI=1S/C9H12F3N3O2S/c10-9(11,12)7-3-1-2-4-15(7)18(16,17)8-5-13-6-14-8/h5-7H,1-4H2,(H,13,14). The summed E-state index contributed by atoms with van der Waals surface area (Å²) in [6.45, 7) is -0.120. The lowest BCUT2D eigenvalue weighted by molar-refractivity contribution is -0.177. The largest absolute Gasteiger partial charge is 0.405 e. The lowest BCUT2D eigenvalue weighted by Crippen LogP contribution is -2.51. The van der Waals surface area contributed by atoms with Gasteiger partial charge in [-0.3, -0.25) is 0 Å². The molecule has 9 heteroatoms.